The van der Waals surface area contributed by atoms with Crippen LogP contribution in [0.5, 0.6) is 0 Å². The van der Waals surface area contributed by atoms with Gasteiger partial charge in [-0.1, -0.05) is 32.4 Å². The van der Waals surface area contributed by atoms with Crippen LogP contribution in [0.3, 0.4) is 0 Å². The SMILES string of the molecule is CCCCC(=O)c1cccc(NC(=O)COCCOCCOCCOCCC(C)=O)c1CC. The van der Waals surface area contributed by atoms with Crippen molar-refractivity contribution >= 4 is 23.2 Å². The van der Waals surface area contributed by atoms with Crippen molar-refractivity contribution < 1.29 is 33.3 Å². The highest BCUT2D eigenvalue weighted by Gasteiger charge is 2.14. The van der Waals surface area contributed by atoms with E-state index >= 15 is 0 Å². The van der Waals surface area contributed by atoms with Crippen molar-refractivity contribution in [2.75, 3.05) is 58.2 Å². The molecule has 8 nitrogen and oxygen atoms in total. The molecule has 0 aliphatic carbocycles. The van der Waals surface area contributed by atoms with Gasteiger partial charge in [0.1, 0.15) is 12.4 Å². The molecular formula is C25H39NO7. The zero-order valence-corrected chi connectivity index (χ0v) is 20.3. The zero-order valence-electron chi connectivity index (χ0n) is 20.3. The molecule has 0 atom stereocenters. The van der Waals surface area contributed by atoms with Crippen molar-refractivity contribution in [1.29, 1.82) is 0 Å². The third kappa shape index (κ3) is 13.2. The highest BCUT2D eigenvalue weighted by Crippen LogP contribution is 2.22. The van der Waals surface area contributed by atoms with Gasteiger partial charge in [-0.3, -0.25) is 14.4 Å². The predicted octanol–water partition coefficient (Wildman–Crippen LogP) is 3.61. The van der Waals surface area contributed by atoms with Crippen molar-refractivity contribution in [3.63, 3.8) is 0 Å². The maximum absolute atomic E-state index is 12.5. The van der Waals surface area contributed by atoms with Gasteiger partial charge in [0.25, 0.3) is 0 Å². The molecule has 0 fully saturated rings. The largest absolute Gasteiger partial charge is 0.379 e. The number of benzene rings is 1. The topological polar surface area (TPSA) is 100 Å². The van der Waals surface area contributed by atoms with E-state index in [9.17, 15) is 14.4 Å². The molecule has 0 saturated heterocycles. The second-order valence-corrected chi connectivity index (χ2v) is 7.60. The Morgan fingerprint density at radius 1 is 0.818 bits per heavy atom. The molecule has 0 heterocycles. The van der Waals surface area contributed by atoms with Crippen molar-refractivity contribution in [2.24, 2.45) is 0 Å². The lowest BCUT2D eigenvalue weighted by Gasteiger charge is -2.14. The lowest BCUT2D eigenvalue weighted by atomic mass is 9.97. The first-order chi connectivity index (χ1) is 16.0. The summed E-state index contributed by atoms with van der Waals surface area (Å²) >= 11 is 0. The Labute approximate surface area is 197 Å². The first-order valence-electron chi connectivity index (χ1n) is 11.7. The molecule has 0 aromatic heterocycles. The van der Waals surface area contributed by atoms with E-state index in [0.29, 0.717) is 70.2 Å². The van der Waals surface area contributed by atoms with Crippen LogP contribution in [0.2, 0.25) is 0 Å². The molecule has 0 bridgehead atoms. The maximum atomic E-state index is 12.5. The fourth-order valence-corrected chi connectivity index (χ4v) is 3.04. The van der Waals surface area contributed by atoms with Gasteiger partial charge < -0.3 is 24.3 Å². The summed E-state index contributed by atoms with van der Waals surface area (Å²) in [6.07, 6.45) is 3.42. The third-order valence-electron chi connectivity index (χ3n) is 4.81. The Morgan fingerprint density at radius 2 is 1.42 bits per heavy atom. The van der Waals surface area contributed by atoms with E-state index in [2.05, 4.69) is 12.2 Å². The monoisotopic (exact) mass is 465 g/mol. The Balaban J connectivity index is 2.18. The number of amides is 1. The number of hydrogen-bond acceptors (Lipinski definition) is 7. The predicted molar refractivity (Wildman–Crippen MR) is 127 cm³/mol. The number of carbonyl (C=O) groups is 3. The second kappa shape index (κ2) is 18.3. The molecule has 1 aromatic rings. The molecule has 0 spiro atoms. The van der Waals surface area contributed by atoms with E-state index in [-0.39, 0.29) is 30.7 Å². The number of Topliss-reactive ketones (excluding diaryl/α,β-unsaturated/α-hetero) is 2. The molecular weight excluding hydrogens is 426 g/mol. The summed E-state index contributed by atoms with van der Waals surface area (Å²) < 4.78 is 21.4. The number of ketones is 2. The normalized spacial score (nSPS) is 10.9. The van der Waals surface area contributed by atoms with Crippen molar-refractivity contribution in [3.05, 3.63) is 29.3 Å². The second-order valence-electron chi connectivity index (χ2n) is 7.60. The van der Waals surface area contributed by atoms with E-state index in [1.165, 1.54) is 6.92 Å². The first-order valence-corrected chi connectivity index (χ1v) is 11.7. The highest BCUT2D eigenvalue weighted by molar-refractivity contribution is 6.00. The number of ether oxygens (including phenoxy) is 4. The zero-order chi connectivity index (χ0) is 24.3. The smallest absolute Gasteiger partial charge is 0.250 e. The first kappa shape index (κ1) is 28.9. The molecule has 0 aliphatic rings. The van der Waals surface area contributed by atoms with Crippen LogP contribution in [0.4, 0.5) is 5.69 Å². The van der Waals surface area contributed by atoms with Crippen LogP contribution >= 0.6 is 0 Å². The third-order valence-corrected chi connectivity index (χ3v) is 4.81. The number of anilines is 1. The fraction of sp³-hybridized carbons (Fsp3) is 0.640. The van der Waals surface area contributed by atoms with Crippen LogP contribution in [0, 0.1) is 0 Å². The van der Waals surface area contributed by atoms with Gasteiger partial charge in [-0.2, -0.15) is 0 Å². The Bertz CT molecular complexity index is 721. The minimum Gasteiger partial charge on any atom is -0.379 e. The van der Waals surface area contributed by atoms with E-state index in [4.69, 9.17) is 18.9 Å². The Morgan fingerprint density at radius 3 is 2.00 bits per heavy atom. The summed E-state index contributed by atoms with van der Waals surface area (Å²) in [6.45, 7) is 8.28. The van der Waals surface area contributed by atoms with E-state index < -0.39 is 0 Å². The summed E-state index contributed by atoms with van der Waals surface area (Å²) in [5.74, 6) is -0.0446. The molecule has 1 rings (SSSR count). The number of carbonyl (C=O) groups excluding carboxylic acids is 3. The van der Waals surface area contributed by atoms with E-state index in [1.807, 2.05) is 19.1 Å². The summed E-state index contributed by atoms with van der Waals surface area (Å²) in [4.78, 5) is 35.5. The van der Waals surface area contributed by atoms with E-state index in [1.54, 1.807) is 6.07 Å². The molecule has 0 radical (unpaired) electrons. The summed E-state index contributed by atoms with van der Waals surface area (Å²) in [5.41, 5.74) is 2.20. The van der Waals surface area contributed by atoms with Crippen LogP contribution in [0.1, 0.15) is 62.4 Å². The van der Waals surface area contributed by atoms with Crippen LogP contribution in [0.25, 0.3) is 0 Å². The molecule has 33 heavy (non-hydrogen) atoms. The lowest BCUT2D eigenvalue weighted by molar-refractivity contribution is -0.121. The summed E-state index contributed by atoms with van der Waals surface area (Å²) in [5, 5.41) is 2.85. The van der Waals surface area contributed by atoms with Gasteiger partial charge in [0.2, 0.25) is 5.91 Å². The van der Waals surface area contributed by atoms with Gasteiger partial charge in [-0.15, -0.1) is 0 Å². The average Bonchev–Trinajstić information content (AvgIpc) is 2.80. The molecule has 0 aliphatic heterocycles. The number of rotatable bonds is 20. The fourth-order valence-electron chi connectivity index (χ4n) is 3.04. The Kier molecular flexibility index (Phi) is 16.0. The average molecular weight is 466 g/mol. The van der Waals surface area contributed by atoms with Crippen LogP contribution < -0.4 is 5.32 Å². The standard InChI is InChI=1S/C25H39NO7/c1-4-6-10-24(28)22-8-7-9-23(21(22)5-2)26-25(29)19-33-18-17-32-16-15-31-14-13-30-12-11-20(3)27/h7-9H,4-6,10-19H2,1-3H3,(H,26,29). The van der Waals surface area contributed by atoms with E-state index in [0.717, 1.165) is 18.4 Å². The van der Waals surface area contributed by atoms with Crippen LogP contribution in [0.15, 0.2) is 18.2 Å². The van der Waals surface area contributed by atoms with Gasteiger partial charge in [0, 0.05) is 24.1 Å². The molecule has 0 unspecified atom stereocenters. The summed E-state index contributed by atoms with van der Waals surface area (Å²) in [7, 11) is 0. The lowest BCUT2D eigenvalue weighted by Crippen LogP contribution is -2.21. The number of hydrogen-bond donors (Lipinski definition) is 1. The molecule has 1 N–H and O–H groups in total. The van der Waals surface area contributed by atoms with Crippen LogP contribution in [-0.2, 0) is 35.0 Å². The van der Waals surface area contributed by atoms with Crippen molar-refractivity contribution in [3.8, 4) is 0 Å². The molecule has 8 heteroatoms. The molecule has 0 saturated carbocycles. The molecule has 1 aromatic carbocycles. The maximum Gasteiger partial charge on any atom is 0.250 e. The number of nitrogens with one attached hydrogen (secondary N) is 1. The van der Waals surface area contributed by atoms with Crippen molar-refractivity contribution in [1.82, 2.24) is 0 Å². The van der Waals surface area contributed by atoms with Gasteiger partial charge >= 0.3 is 0 Å². The minimum absolute atomic E-state index is 0.0887. The van der Waals surface area contributed by atoms with Crippen molar-refractivity contribution in [2.45, 2.75) is 52.9 Å². The molecule has 1 amide bonds. The highest BCUT2D eigenvalue weighted by atomic mass is 16.6. The summed E-state index contributed by atoms with van der Waals surface area (Å²) in [6, 6.07) is 5.43. The van der Waals surface area contributed by atoms with Gasteiger partial charge in [0.05, 0.1) is 46.2 Å². The van der Waals surface area contributed by atoms with Gasteiger partial charge in [0.15, 0.2) is 5.78 Å². The van der Waals surface area contributed by atoms with Gasteiger partial charge in [-0.25, -0.2) is 0 Å². The molecule has 186 valence electrons. The van der Waals surface area contributed by atoms with Gasteiger partial charge in [-0.05, 0) is 31.4 Å². The quantitative estimate of drug-likeness (QED) is 0.232. The number of unbranched alkanes of at least 4 members (excludes halogenated alkanes) is 1. The Hall–Kier alpha value is -2.13. The minimum atomic E-state index is -0.268. The van der Waals surface area contributed by atoms with Crippen LogP contribution in [-0.4, -0.2) is 70.3 Å².